The van der Waals surface area contributed by atoms with Crippen LogP contribution in [0.2, 0.25) is 0 Å². The number of hydrogen-bond donors (Lipinski definition) is 1. The number of rotatable bonds is 3. The summed E-state index contributed by atoms with van der Waals surface area (Å²) in [6.45, 7) is 0. The largest absolute Gasteiger partial charge is 0.382 e. The third kappa shape index (κ3) is 2.27. The van der Waals surface area contributed by atoms with E-state index in [9.17, 15) is 22.7 Å². The maximum absolute atomic E-state index is 13.4. The van der Waals surface area contributed by atoms with Crippen LogP contribution in [0.1, 0.15) is 11.7 Å². The van der Waals surface area contributed by atoms with E-state index in [1.807, 2.05) is 0 Å². The average molecular weight is 237 g/mol. The van der Waals surface area contributed by atoms with Gasteiger partial charge in [0.2, 0.25) is 0 Å². The van der Waals surface area contributed by atoms with Gasteiger partial charge in [0.05, 0.1) is 5.69 Å². The van der Waals surface area contributed by atoms with Gasteiger partial charge in [0.1, 0.15) is 6.10 Å². The number of benzene rings is 1. The normalized spacial score (nSPS) is 13.0. The Morgan fingerprint density at radius 2 is 1.75 bits per heavy atom. The van der Waals surface area contributed by atoms with Gasteiger partial charge in [-0.05, 0) is 6.07 Å². The summed E-state index contributed by atoms with van der Waals surface area (Å²) in [6, 6.07) is 1.66. The lowest BCUT2D eigenvalue weighted by Gasteiger charge is -2.21. The molecule has 1 unspecified atom stereocenters. The third-order valence-corrected chi connectivity index (χ3v) is 2.10. The Bertz CT molecular complexity index is 381. The number of halogens is 4. The van der Waals surface area contributed by atoms with Gasteiger partial charge in [-0.25, -0.2) is 17.6 Å². The van der Waals surface area contributed by atoms with Crippen molar-refractivity contribution in [2.45, 2.75) is 12.5 Å². The van der Waals surface area contributed by atoms with E-state index in [1.54, 1.807) is 0 Å². The van der Waals surface area contributed by atoms with Gasteiger partial charge in [0, 0.05) is 19.7 Å². The molecular formula is C10H11F4NO. The summed E-state index contributed by atoms with van der Waals surface area (Å²) in [4.78, 5) is 1.14. The van der Waals surface area contributed by atoms with E-state index < -0.39 is 24.2 Å². The zero-order chi connectivity index (χ0) is 12.5. The molecule has 0 fully saturated rings. The molecule has 0 aromatic heterocycles. The molecule has 90 valence electrons. The first-order chi connectivity index (χ1) is 7.36. The molecule has 1 rings (SSSR count). The predicted molar refractivity (Wildman–Crippen MR) is 51.6 cm³/mol. The highest BCUT2D eigenvalue weighted by molar-refractivity contribution is 5.55. The van der Waals surface area contributed by atoms with Crippen molar-refractivity contribution in [3.05, 3.63) is 29.3 Å². The molecule has 0 saturated carbocycles. The third-order valence-electron chi connectivity index (χ3n) is 2.10. The fourth-order valence-corrected chi connectivity index (χ4v) is 1.38. The number of hydrogen-bond acceptors (Lipinski definition) is 2. The first kappa shape index (κ1) is 12.8. The van der Waals surface area contributed by atoms with Gasteiger partial charge in [0.25, 0.3) is 6.43 Å². The van der Waals surface area contributed by atoms with Crippen LogP contribution < -0.4 is 4.90 Å². The summed E-state index contributed by atoms with van der Waals surface area (Å²) in [5, 5.41) is 9.18. The Labute approximate surface area is 90.1 Å². The van der Waals surface area contributed by atoms with E-state index >= 15 is 0 Å². The van der Waals surface area contributed by atoms with Gasteiger partial charge in [-0.1, -0.05) is 6.07 Å². The number of aliphatic hydroxyl groups excluding tert-OH is 1. The Morgan fingerprint density at radius 3 is 2.19 bits per heavy atom. The SMILES string of the molecule is CN(C)c1c(C(O)C(F)F)ccc(F)c1F. The predicted octanol–water partition coefficient (Wildman–Crippen LogP) is 2.33. The van der Waals surface area contributed by atoms with Crippen molar-refractivity contribution in [2.75, 3.05) is 19.0 Å². The first-order valence-electron chi connectivity index (χ1n) is 4.47. The lowest BCUT2D eigenvalue weighted by molar-refractivity contribution is -0.00566. The molecule has 16 heavy (non-hydrogen) atoms. The van der Waals surface area contributed by atoms with Crippen LogP contribution in [0.3, 0.4) is 0 Å². The van der Waals surface area contributed by atoms with Gasteiger partial charge in [-0.2, -0.15) is 0 Å². The van der Waals surface area contributed by atoms with Crippen molar-refractivity contribution in [3.63, 3.8) is 0 Å². The Balaban J connectivity index is 3.34. The molecule has 0 radical (unpaired) electrons. The highest BCUT2D eigenvalue weighted by Gasteiger charge is 2.26. The molecule has 0 aliphatic heterocycles. The van der Waals surface area contributed by atoms with Crippen LogP contribution in [0, 0.1) is 11.6 Å². The van der Waals surface area contributed by atoms with Crippen LogP contribution in [0.15, 0.2) is 12.1 Å². The Morgan fingerprint density at radius 1 is 1.19 bits per heavy atom. The fraction of sp³-hybridized carbons (Fsp3) is 0.400. The summed E-state index contributed by atoms with van der Waals surface area (Å²) in [6.07, 6.45) is -5.18. The van der Waals surface area contributed by atoms with E-state index in [0.29, 0.717) is 6.07 Å². The van der Waals surface area contributed by atoms with Gasteiger partial charge in [0.15, 0.2) is 11.6 Å². The van der Waals surface area contributed by atoms with Crippen LogP contribution in [0.25, 0.3) is 0 Å². The maximum Gasteiger partial charge on any atom is 0.268 e. The number of aliphatic hydroxyl groups is 1. The lowest BCUT2D eigenvalue weighted by atomic mass is 10.1. The molecule has 0 aliphatic carbocycles. The van der Waals surface area contributed by atoms with Crippen LogP contribution in [0.5, 0.6) is 0 Å². The van der Waals surface area contributed by atoms with E-state index in [4.69, 9.17) is 0 Å². The summed E-state index contributed by atoms with van der Waals surface area (Å²) >= 11 is 0. The average Bonchev–Trinajstić information content (AvgIpc) is 2.20. The smallest absolute Gasteiger partial charge is 0.268 e. The standard InChI is InChI=1S/C10H11F4NO/c1-15(2)8-5(9(16)10(13)14)3-4-6(11)7(8)12/h3-4,9-10,16H,1-2H3. The zero-order valence-electron chi connectivity index (χ0n) is 8.72. The molecule has 0 bridgehead atoms. The number of anilines is 1. The van der Waals surface area contributed by atoms with Crippen LogP contribution >= 0.6 is 0 Å². The first-order valence-corrected chi connectivity index (χ1v) is 4.47. The Kier molecular flexibility index (Phi) is 3.74. The molecule has 1 N–H and O–H groups in total. The second-order valence-corrected chi connectivity index (χ2v) is 3.47. The fourth-order valence-electron chi connectivity index (χ4n) is 1.38. The van der Waals surface area contributed by atoms with Crippen molar-refractivity contribution in [3.8, 4) is 0 Å². The molecular weight excluding hydrogens is 226 g/mol. The topological polar surface area (TPSA) is 23.5 Å². The van der Waals surface area contributed by atoms with Gasteiger partial charge < -0.3 is 10.0 Å². The summed E-state index contributed by atoms with van der Waals surface area (Å²) in [5.41, 5.74) is -0.702. The van der Waals surface area contributed by atoms with Crippen molar-refractivity contribution >= 4 is 5.69 Å². The number of alkyl halides is 2. The minimum atomic E-state index is -3.05. The van der Waals surface area contributed by atoms with E-state index in [1.165, 1.54) is 14.1 Å². The second-order valence-electron chi connectivity index (χ2n) is 3.47. The highest BCUT2D eigenvalue weighted by Crippen LogP contribution is 2.32. The zero-order valence-corrected chi connectivity index (χ0v) is 8.72. The minimum Gasteiger partial charge on any atom is -0.382 e. The van der Waals surface area contributed by atoms with Gasteiger partial charge in [-0.3, -0.25) is 0 Å². The van der Waals surface area contributed by atoms with Crippen molar-refractivity contribution < 1.29 is 22.7 Å². The van der Waals surface area contributed by atoms with Crippen LogP contribution in [-0.2, 0) is 0 Å². The van der Waals surface area contributed by atoms with Crippen molar-refractivity contribution in [2.24, 2.45) is 0 Å². The molecule has 2 nitrogen and oxygen atoms in total. The minimum absolute atomic E-state index is 0.334. The maximum atomic E-state index is 13.4. The second kappa shape index (κ2) is 4.69. The highest BCUT2D eigenvalue weighted by atomic mass is 19.3. The Hall–Kier alpha value is -1.30. The molecule has 0 amide bonds. The molecule has 0 aliphatic rings. The van der Waals surface area contributed by atoms with Crippen molar-refractivity contribution in [1.82, 2.24) is 0 Å². The number of nitrogens with zero attached hydrogens (tertiary/aromatic N) is 1. The van der Waals surface area contributed by atoms with E-state index in [-0.39, 0.29) is 11.3 Å². The molecule has 1 aromatic rings. The summed E-state index contributed by atoms with van der Waals surface area (Å²) < 4.78 is 50.9. The molecule has 6 heteroatoms. The molecule has 0 saturated heterocycles. The van der Waals surface area contributed by atoms with Crippen LogP contribution in [-0.4, -0.2) is 25.6 Å². The molecule has 0 spiro atoms. The summed E-state index contributed by atoms with van der Waals surface area (Å²) in [5.74, 6) is -2.39. The molecule has 1 aromatic carbocycles. The lowest BCUT2D eigenvalue weighted by Crippen LogP contribution is -2.18. The van der Waals surface area contributed by atoms with Crippen molar-refractivity contribution in [1.29, 1.82) is 0 Å². The van der Waals surface area contributed by atoms with E-state index in [0.717, 1.165) is 11.0 Å². The van der Waals surface area contributed by atoms with E-state index in [2.05, 4.69) is 0 Å². The quantitative estimate of drug-likeness (QED) is 0.815. The molecule has 0 heterocycles. The summed E-state index contributed by atoms with van der Waals surface area (Å²) in [7, 11) is 2.75. The van der Waals surface area contributed by atoms with Gasteiger partial charge >= 0.3 is 0 Å². The monoisotopic (exact) mass is 237 g/mol. The molecule has 1 atom stereocenters. The van der Waals surface area contributed by atoms with Crippen LogP contribution in [0.4, 0.5) is 23.2 Å². The van der Waals surface area contributed by atoms with Gasteiger partial charge in [-0.15, -0.1) is 0 Å².